The van der Waals surface area contributed by atoms with Gasteiger partial charge in [0.05, 0.1) is 0 Å². The molecule has 2 heteroatoms. The van der Waals surface area contributed by atoms with E-state index in [1.165, 1.54) is 0 Å². The van der Waals surface area contributed by atoms with Crippen LogP contribution in [-0.2, 0) is 0 Å². The maximum atomic E-state index is 5.23. The minimum Gasteiger partial charge on any atom is -0.271 e. The molecule has 0 saturated heterocycles. The van der Waals surface area contributed by atoms with E-state index in [9.17, 15) is 0 Å². The van der Waals surface area contributed by atoms with E-state index in [-0.39, 0.29) is 0 Å². The molecule has 56 valence electrons. The Kier molecular flexibility index (Phi) is 3.15. The summed E-state index contributed by atoms with van der Waals surface area (Å²) in [6.45, 7) is 8.72. The monoisotopic (exact) mass is 130 g/mol. The topological polar surface area (TPSA) is 38.0 Å². The molecule has 0 fully saturated rings. The summed E-state index contributed by atoms with van der Waals surface area (Å²) in [6, 6.07) is 0.421. The standard InChI is InChI=1S/C7H18N2/c1-6(9-8)5-7(2,3)4/h6,9H,5,8H2,1-4H3/t6-/m1/s1. The predicted molar refractivity (Wildman–Crippen MR) is 40.9 cm³/mol. The van der Waals surface area contributed by atoms with Crippen LogP contribution in [0.5, 0.6) is 0 Å². The van der Waals surface area contributed by atoms with Crippen molar-refractivity contribution >= 4 is 0 Å². The zero-order valence-electron chi connectivity index (χ0n) is 6.86. The number of hydrogen-bond donors (Lipinski definition) is 2. The fourth-order valence-corrected chi connectivity index (χ4v) is 0.977. The second-order valence-corrected chi connectivity index (χ2v) is 3.83. The largest absolute Gasteiger partial charge is 0.271 e. The van der Waals surface area contributed by atoms with Crippen molar-refractivity contribution in [3.63, 3.8) is 0 Å². The maximum absolute atomic E-state index is 5.23. The summed E-state index contributed by atoms with van der Waals surface area (Å²) in [4.78, 5) is 0. The first kappa shape index (κ1) is 8.92. The number of hydrogen-bond acceptors (Lipinski definition) is 2. The minimum absolute atomic E-state index is 0.381. The molecule has 0 rings (SSSR count). The van der Waals surface area contributed by atoms with Crippen LogP contribution in [0.2, 0.25) is 0 Å². The fraction of sp³-hybridized carbons (Fsp3) is 1.00. The Morgan fingerprint density at radius 3 is 2.00 bits per heavy atom. The second kappa shape index (κ2) is 3.18. The zero-order valence-corrected chi connectivity index (χ0v) is 6.86. The zero-order chi connectivity index (χ0) is 7.49. The lowest BCUT2D eigenvalue weighted by molar-refractivity contribution is 0.321. The molecule has 0 saturated carbocycles. The number of nitrogens with two attached hydrogens (primary N) is 1. The molecule has 0 aromatic rings. The molecule has 0 aliphatic heterocycles. The van der Waals surface area contributed by atoms with Gasteiger partial charge in [-0.2, -0.15) is 0 Å². The predicted octanol–water partition coefficient (Wildman–Crippen LogP) is 1.27. The van der Waals surface area contributed by atoms with Crippen LogP contribution in [0.3, 0.4) is 0 Å². The highest BCUT2D eigenvalue weighted by atomic mass is 15.2. The summed E-state index contributed by atoms with van der Waals surface area (Å²) in [5, 5.41) is 0. The van der Waals surface area contributed by atoms with Gasteiger partial charge in [0.15, 0.2) is 0 Å². The van der Waals surface area contributed by atoms with Crippen LogP contribution in [0.4, 0.5) is 0 Å². The van der Waals surface area contributed by atoms with Gasteiger partial charge in [0.25, 0.3) is 0 Å². The van der Waals surface area contributed by atoms with Gasteiger partial charge in [-0.15, -0.1) is 0 Å². The van der Waals surface area contributed by atoms with Gasteiger partial charge in [-0.1, -0.05) is 20.8 Å². The van der Waals surface area contributed by atoms with Crippen LogP contribution in [0, 0.1) is 5.41 Å². The van der Waals surface area contributed by atoms with Gasteiger partial charge < -0.3 is 0 Å². The van der Waals surface area contributed by atoms with Crippen molar-refractivity contribution in [2.24, 2.45) is 11.3 Å². The molecule has 0 radical (unpaired) electrons. The maximum Gasteiger partial charge on any atom is 0.0187 e. The van der Waals surface area contributed by atoms with E-state index in [1.54, 1.807) is 0 Å². The molecule has 9 heavy (non-hydrogen) atoms. The summed E-state index contributed by atoms with van der Waals surface area (Å²) in [5.41, 5.74) is 3.10. The van der Waals surface area contributed by atoms with Gasteiger partial charge in [0.2, 0.25) is 0 Å². The Bertz CT molecular complexity index is 73.5. The third-order valence-electron chi connectivity index (χ3n) is 1.20. The van der Waals surface area contributed by atoms with Crippen LogP contribution in [0.15, 0.2) is 0 Å². The normalized spacial score (nSPS) is 15.7. The SMILES string of the molecule is C[C@H](CC(C)(C)C)NN. The molecule has 0 unspecified atom stereocenters. The van der Waals surface area contributed by atoms with Crippen molar-refractivity contribution in [2.75, 3.05) is 0 Å². The number of nitrogens with one attached hydrogen (secondary N) is 1. The first-order valence-electron chi connectivity index (χ1n) is 3.42. The lowest BCUT2D eigenvalue weighted by Crippen LogP contribution is -2.35. The van der Waals surface area contributed by atoms with Crippen LogP contribution < -0.4 is 11.3 Å². The van der Waals surface area contributed by atoms with Crippen molar-refractivity contribution < 1.29 is 0 Å². The Balaban J connectivity index is 3.47. The van der Waals surface area contributed by atoms with Crippen molar-refractivity contribution in [3.05, 3.63) is 0 Å². The highest BCUT2D eigenvalue weighted by Gasteiger charge is 2.13. The highest BCUT2D eigenvalue weighted by Crippen LogP contribution is 2.19. The molecule has 0 aliphatic rings. The summed E-state index contributed by atoms with van der Waals surface area (Å²) in [7, 11) is 0. The van der Waals surface area contributed by atoms with Crippen molar-refractivity contribution in [2.45, 2.75) is 40.2 Å². The molecule has 0 aromatic heterocycles. The number of hydrazine groups is 1. The van der Waals surface area contributed by atoms with E-state index < -0.39 is 0 Å². The van der Waals surface area contributed by atoms with Crippen LogP contribution in [0.25, 0.3) is 0 Å². The molecular weight excluding hydrogens is 112 g/mol. The van der Waals surface area contributed by atoms with Crippen molar-refractivity contribution in [3.8, 4) is 0 Å². The third-order valence-corrected chi connectivity index (χ3v) is 1.20. The average Bonchev–Trinajstić information content (AvgIpc) is 1.62. The van der Waals surface area contributed by atoms with Gasteiger partial charge in [0.1, 0.15) is 0 Å². The van der Waals surface area contributed by atoms with Gasteiger partial charge in [-0.3, -0.25) is 11.3 Å². The van der Waals surface area contributed by atoms with Gasteiger partial charge in [-0.05, 0) is 18.8 Å². The molecule has 3 N–H and O–H groups in total. The van der Waals surface area contributed by atoms with E-state index in [1.807, 2.05) is 0 Å². The van der Waals surface area contributed by atoms with E-state index in [0.717, 1.165) is 6.42 Å². The van der Waals surface area contributed by atoms with Gasteiger partial charge in [-0.25, -0.2) is 0 Å². The van der Waals surface area contributed by atoms with Crippen molar-refractivity contribution in [1.29, 1.82) is 0 Å². The van der Waals surface area contributed by atoms with E-state index >= 15 is 0 Å². The highest BCUT2D eigenvalue weighted by molar-refractivity contribution is 4.68. The Morgan fingerprint density at radius 1 is 1.44 bits per heavy atom. The number of rotatable bonds is 2. The molecule has 0 spiro atoms. The molecule has 0 aliphatic carbocycles. The van der Waals surface area contributed by atoms with Gasteiger partial charge >= 0.3 is 0 Å². The van der Waals surface area contributed by atoms with Crippen LogP contribution >= 0.6 is 0 Å². The Labute approximate surface area is 57.8 Å². The molecule has 1 atom stereocenters. The summed E-state index contributed by atoms with van der Waals surface area (Å²) >= 11 is 0. The molecule has 2 nitrogen and oxygen atoms in total. The quantitative estimate of drug-likeness (QED) is 0.436. The Morgan fingerprint density at radius 2 is 1.89 bits per heavy atom. The molecule has 0 aromatic carbocycles. The molecular formula is C7H18N2. The molecule has 0 amide bonds. The molecule has 0 heterocycles. The lowest BCUT2D eigenvalue weighted by Gasteiger charge is -2.22. The summed E-state index contributed by atoms with van der Waals surface area (Å²) in [6.07, 6.45) is 1.11. The third kappa shape index (κ3) is 5.80. The van der Waals surface area contributed by atoms with E-state index in [2.05, 4.69) is 33.1 Å². The van der Waals surface area contributed by atoms with Crippen molar-refractivity contribution in [1.82, 2.24) is 5.43 Å². The second-order valence-electron chi connectivity index (χ2n) is 3.83. The van der Waals surface area contributed by atoms with E-state index in [4.69, 9.17) is 5.84 Å². The van der Waals surface area contributed by atoms with Gasteiger partial charge in [0, 0.05) is 6.04 Å². The minimum atomic E-state index is 0.381. The Hall–Kier alpha value is -0.0800. The molecule has 0 bridgehead atoms. The summed E-state index contributed by atoms with van der Waals surface area (Å²) < 4.78 is 0. The van der Waals surface area contributed by atoms with E-state index in [0.29, 0.717) is 11.5 Å². The first-order valence-corrected chi connectivity index (χ1v) is 3.42. The summed E-state index contributed by atoms with van der Waals surface area (Å²) in [5.74, 6) is 5.23. The average molecular weight is 130 g/mol. The van der Waals surface area contributed by atoms with Crippen LogP contribution in [0.1, 0.15) is 34.1 Å². The smallest absolute Gasteiger partial charge is 0.0187 e. The van der Waals surface area contributed by atoms with Crippen LogP contribution in [-0.4, -0.2) is 6.04 Å². The first-order chi connectivity index (χ1) is 3.95. The lowest BCUT2D eigenvalue weighted by atomic mass is 9.89. The fourth-order valence-electron chi connectivity index (χ4n) is 0.977.